The van der Waals surface area contributed by atoms with Crippen LogP contribution in [0.5, 0.6) is 0 Å². The molecule has 0 bridgehead atoms. The molecule has 1 aromatic heterocycles. The van der Waals surface area contributed by atoms with Gasteiger partial charge in [-0.3, -0.25) is 4.79 Å². The summed E-state index contributed by atoms with van der Waals surface area (Å²) in [7, 11) is 3.42. The highest BCUT2D eigenvalue weighted by atomic mass is 19.1. The fourth-order valence-electron chi connectivity index (χ4n) is 4.26. The minimum atomic E-state index is -0.332. The van der Waals surface area contributed by atoms with E-state index in [0.717, 1.165) is 5.56 Å². The van der Waals surface area contributed by atoms with Gasteiger partial charge in [-0.1, -0.05) is 12.1 Å². The van der Waals surface area contributed by atoms with Crippen molar-refractivity contribution in [2.45, 2.75) is 6.04 Å². The predicted octanol–water partition coefficient (Wildman–Crippen LogP) is 2.24. The number of hydrogen-bond acceptors (Lipinski definition) is 4. The van der Waals surface area contributed by atoms with Gasteiger partial charge in [-0.2, -0.15) is 0 Å². The molecule has 2 aliphatic rings. The summed E-state index contributed by atoms with van der Waals surface area (Å²) in [5.74, 6) is -0.326. The van der Waals surface area contributed by atoms with Crippen LogP contribution in [0, 0.1) is 17.7 Å². The lowest BCUT2D eigenvalue weighted by atomic mass is 9.89. The highest BCUT2D eigenvalue weighted by Crippen LogP contribution is 2.45. The number of likely N-dealkylation sites (tertiary alicyclic amines) is 2. The van der Waals surface area contributed by atoms with Crippen molar-refractivity contribution in [2.24, 2.45) is 11.8 Å². The number of fused-ring (bicyclic) bond motifs is 1. The Kier molecular flexibility index (Phi) is 4.33. The van der Waals surface area contributed by atoms with Crippen LogP contribution in [0.2, 0.25) is 0 Å². The van der Waals surface area contributed by atoms with Crippen molar-refractivity contribution >= 4 is 11.9 Å². The van der Waals surface area contributed by atoms with Crippen LogP contribution in [0.15, 0.2) is 41.3 Å². The maximum Gasteiger partial charge on any atom is 0.320 e. The Hall–Kier alpha value is -2.90. The summed E-state index contributed by atoms with van der Waals surface area (Å²) >= 11 is 0. The predicted molar refractivity (Wildman–Crippen MR) is 94.3 cm³/mol. The minimum absolute atomic E-state index is 0.0477. The molecule has 0 unspecified atom stereocenters. The molecule has 3 amide bonds. The molecule has 0 saturated carbocycles. The number of benzene rings is 1. The number of urea groups is 1. The number of rotatable bonds is 2. The quantitative estimate of drug-likeness (QED) is 0.811. The van der Waals surface area contributed by atoms with Gasteiger partial charge in [0.1, 0.15) is 12.1 Å². The third-order valence-corrected chi connectivity index (χ3v) is 5.42. The molecular formula is C19H21FN4O3. The molecule has 7 nitrogen and oxygen atoms in total. The Morgan fingerprint density at radius 1 is 1.26 bits per heavy atom. The van der Waals surface area contributed by atoms with Crippen LogP contribution in [0.1, 0.15) is 22.1 Å². The summed E-state index contributed by atoms with van der Waals surface area (Å²) in [6.45, 7) is 1.57. The van der Waals surface area contributed by atoms with E-state index in [1.54, 1.807) is 30.0 Å². The first-order valence-electron chi connectivity index (χ1n) is 8.86. The van der Waals surface area contributed by atoms with Gasteiger partial charge in [-0.05, 0) is 17.7 Å². The molecule has 3 heterocycles. The Morgan fingerprint density at radius 2 is 2.07 bits per heavy atom. The number of carbonyl (C=O) groups excluding carboxylic acids is 2. The number of nitrogens with zero attached hydrogens (tertiary/aromatic N) is 4. The smallest absolute Gasteiger partial charge is 0.320 e. The van der Waals surface area contributed by atoms with Crippen molar-refractivity contribution in [2.75, 3.05) is 33.7 Å². The van der Waals surface area contributed by atoms with Crippen LogP contribution in [0.4, 0.5) is 9.18 Å². The molecule has 2 aromatic rings. The Labute approximate surface area is 156 Å². The first-order valence-corrected chi connectivity index (χ1v) is 8.86. The lowest BCUT2D eigenvalue weighted by Gasteiger charge is -2.31. The van der Waals surface area contributed by atoms with E-state index in [9.17, 15) is 14.0 Å². The molecule has 2 fully saturated rings. The third kappa shape index (κ3) is 3.05. The molecule has 8 heteroatoms. The van der Waals surface area contributed by atoms with Gasteiger partial charge in [0.05, 0.1) is 6.04 Å². The maximum absolute atomic E-state index is 13.8. The number of hydrogen-bond donors (Lipinski definition) is 0. The molecule has 27 heavy (non-hydrogen) atoms. The lowest BCUT2D eigenvalue weighted by molar-refractivity contribution is 0.0760. The van der Waals surface area contributed by atoms with Crippen LogP contribution in [0.25, 0.3) is 0 Å². The molecule has 3 atom stereocenters. The van der Waals surface area contributed by atoms with Gasteiger partial charge >= 0.3 is 6.03 Å². The highest BCUT2D eigenvalue weighted by molar-refractivity contribution is 5.92. The molecule has 0 spiro atoms. The molecule has 0 aliphatic carbocycles. The first kappa shape index (κ1) is 17.5. The fraction of sp³-hybridized carbons (Fsp3) is 0.421. The van der Waals surface area contributed by atoms with Crippen LogP contribution >= 0.6 is 0 Å². The van der Waals surface area contributed by atoms with Gasteiger partial charge in [-0.25, -0.2) is 14.2 Å². The van der Waals surface area contributed by atoms with Crippen molar-refractivity contribution < 1.29 is 18.4 Å². The van der Waals surface area contributed by atoms with E-state index in [2.05, 4.69) is 4.98 Å². The van der Waals surface area contributed by atoms with Gasteiger partial charge < -0.3 is 19.1 Å². The van der Waals surface area contributed by atoms with Crippen molar-refractivity contribution in [3.05, 3.63) is 54.0 Å². The van der Waals surface area contributed by atoms with Crippen molar-refractivity contribution in [1.29, 1.82) is 0 Å². The summed E-state index contributed by atoms with van der Waals surface area (Å²) < 4.78 is 18.8. The number of oxazole rings is 1. The Morgan fingerprint density at radius 3 is 2.74 bits per heavy atom. The average molecular weight is 372 g/mol. The summed E-state index contributed by atoms with van der Waals surface area (Å²) in [5, 5.41) is 0. The van der Waals surface area contributed by atoms with E-state index >= 15 is 0 Å². The van der Waals surface area contributed by atoms with Gasteiger partial charge in [0.25, 0.3) is 5.91 Å². The largest absolute Gasteiger partial charge is 0.451 e. The number of carbonyl (C=O) groups is 2. The summed E-state index contributed by atoms with van der Waals surface area (Å²) in [6, 6.07) is 6.00. The molecule has 142 valence electrons. The van der Waals surface area contributed by atoms with Crippen LogP contribution in [0.3, 0.4) is 0 Å². The van der Waals surface area contributed by atoms with Gasteiger partial charge in [0, 0.05) is 45.6 Å². The molecule has 4 rings (SSSR count). The first-order chi connectivity index (χ1) is 13.0. The third-order valence-electron chi connectivity index (χ3n) is 5.42. The van der Waals surface area contributed by atoms with Crippen LogP contribution in [-0.2, 0) is 0 Å². The molecule has 0 radical (unpaired) electrons. The molecule has 0 N–H and O–H groups in total. The van der Waals surface area contributed by atoms with Crippen molar-refractivity contribution in [3.63, 3.8) is 0 Å². The molecule has 1 aromatic carbocycles. The highest BCUT2D eigenvalue weighted by Gasteiger charge is 2.50. The second-order valence-corrected chi connectivity index (χ2v) is 7.34. The minimum Gasteiger partial charge on any atom is -0.451 e. The summed E-state index contributed by atoms with van der Waals surface area (Å²) in [6.07, 6.45) is 2.57. The maximum atomic E-state index is 13.8. The van der Waals surface area contributed by atoms with Crippen LogP contribution < -0.4 is 0 Å². The number of aromatic nitrogens is 1. The van der Waals surface area contributed by atoms with Gasteiger partial charge in [0.15, 0.2) is 12.1 Å². The molecular weight excluding hydrogens is 351 g/mol. The van der Waals surface area contributed by atoms with E-state index in [0.29, 0.717) is 19.6 Å². The number of amides is 3. The topological polar surface area (TPSA) is 69.9 Å². The van der Waals surface area contributed by atoms with E-state index in [1.165, 1.54) is 29.7 Å². The SMILES string of the molecule is CN(C)C(=O)N1C[C@H]2CN(C(=O)c3cocn3)C[C@H]2[C@@H]1c1cccc(F)c1. The zero-order valence-electron chi connectivity index (χ0n) is 15.2. The lowest BCUT2D eigenvalue weighted by Crippen LogP contribution is -2.42. The monoisotopic (exact) mass is 372 g/mol. The average Bonchev–Trinajstić information content (AvgIpc) is 3.35. The number of halogens is 1. The standard InChI is InChI=1S/C19H21FN4O3/c1-22(2)19(26)24-8-13-7-23(18(25)16-10-27-11-21-16)9-15(13)17(24)12-4-3-5-14(20)6-12/h3-6,10-11,13,15,17H,7-9H2,1-2H3/t13-,15-,17+/m1/s1. The summed E-state index contributed by atoms with van der Waals surface area (Å²) in [5.41, 5.74) is 1.03. The van der Waals surface area contributed by atoms with E-state index < -0.39 is 0 Å². The van der Waals surface area contributed by atoms with E-state index in [1.807, 2.05) is 6.07 Å². The Balaban J connectivity index is 1.63. The van der Waals surface area contributed by atoms with E-state index in [4.69, 9.17) is 4.42 Å². The second kappa shape index (κ2) is 6.68. The second-order valence-electron chi connectivity index (χ2n) is 7.34. The van der Waals surface area contributed by atoms with E-state index in [-0.39, 0.29) is 41.3 Å². The van der Waals surface area contributed by atoms with Crippen LogP contribution in [-0.4, -0.2) is 65.4 Å². The molecule has 2 aliphatic heterocycles. The Bertz CT molecular complexity index is 854. The summed E-state index contributed by atoms with van der Waals surface area (Å²) in [4.78, 5) is 34.3. The van der Waals surface area contributed by atoms with Gasteiger partial charge in [0.2, 0.25) is 0 Å². The zero-order chi connectivity index (χ0) is 19.1. The zero-order valence-corrected chi connectivity index (χ0v) is 15.2. The fourth-order valence-corrected chi connectivity index (χ4v) is 4.26. The van der Waals surface area contributed by atoms with Gasteiger partial charge in [-0.15, -0.1) is 0 Å². The normalized spacial score (nSPS) is 24.2. The van der Waals surface area contributed by atoms with Crippen molar-refractivity contribution in [1.82, 2.24) is 19.7 Å². The van der Waals surface area contributed by atoms with Crippen molar-refractivity contribution in [3.8, 4) is 0 Å². The molecule has 2 saturated heterocycles.